The van der Waals surface area contributed by atoms with E-state index in [1.54, 1.807) is 18.2 Å². The molecule has 0 aliphatic rings. The van der Waals surface area contributed by atoms with Crippen molar-refractivity contribution in [3.8, 4) is 11.3 Å². The number of aromatic nitrogens is 1. The molecule has 2 aromatic carbocycles. The van der Waals surface area contributed by atoms with Crippen molar-refractivity contribution in [3.05, 3.63) is 67.4 Å². The molecule has 1 N–H and O–H groups in total. The Labute approximate surface area is 159 Å². The molecule has 1 aromatic heterocycles. The Kier molecular flexibility index (Phi) is 5.16. The molecule has 3 aromatic rings. The number of amides is 1. The summed E-state index contributed by atoms with van der Waals surface area (Å²) in [6, 6.07) is 13.0. The molecule has 0 fully saturated rings. The Morgan fingerprint density at radius 3 is 2.52 bits per heavy atom. The van der Waals surface area contributed by atoms with Gasteiger partial charge in [-0.15, -0.1) is 11.3 Å². The van der Waals surface area contributed by atoms with Gasteiger partial charge >= 0.3 is 0 Å². The van der Waals surface area contributed by atoms with Gasteiger partial charge in [0.1, 0.15) is 0 Å². The summed E-state index contributed by atoms with van der Waals surface area (Å²) in [5, 5.41) is 5.62. The Bertz CT molecular complexity index is 865. The average molecular weight is 473 g/mol. The van der Waals surface area contributed by atoms with Crippen LogP contribution in [-0.4, -0.2) is 10.9 Å². The van der Waals surface area contributed by atoms with Crippen LogP contribution in [0, 0.1) is 0 Å². The lowest BCUT2D eigenvalue weighted by atomic mass is 10.2. The summed E-state index contributed by atoms with van der Waals surface area (Å²) in [5.74, 6) is -0.284. The van der Waals surface area contributed by atoms with Crippen LogP contribution in [0.3, 0.4) is 0 Å². The number of anilines is 1. The standard InChI is InChI=1S/C16H9Br2ClN2OS/c17-10-3-1-9(2-4-10)14-8-23-16(20-14)21-15(22)12-7-11(18)5-6-13(12)19/h1-8H,(H,20,21,22). The van der Waals surface area contributed by atoms with E-state index in [1.807, 2.05) is 29.6 Å². The number of nitrogens with zero attached hydrogens (tertiary/aromatic N) is 1. The van der Waals surface area contributed by atoms with E-state index in [0.717, 1.165) is 20.2 Å². The van der Waals surface area contributed by atoms with Crippen LogP contribution < -0.4 is 5.32 Å². The number of halogens is 3. The number of benzene rings is 2. The molecule has 1 heterocycles. The van der Waals surface area contributed by atoms with Gasteiger partial charge in [0.05, 0.1) is 16.3 Å². The van der Waals surface area contributed by atoms with Gasteiger partial charge < -0.3 is 0 Å². The molecule has 3 nitrogen and oxygen atoms in total. The van der Waals surface area contributed by atoms with Crippen LogP contribution in [0.5, 0.6) is 0 Å². The van der Waals surface area contributed by atoms with Crippen molar-refractivity contribution in [2.75, 3.05) is 5.32 Å². The molecule has 23 heavy (non-hydrogen) atoms. The number of carbonyl (C=O) groups excluding carboxylic acids is 1. The molecule has 0 spiro atoms. The van der Waals surface area contributed by atoms with E-state index < -0.39 is 0 Å². The van der Waals surface area contributed by atoms with Crippen molar-refractivity contribution >= 4 is 65.8 Å². The smallest absolute Gasteiger partial charge is 0.258 e. The fraction of sp³-hybridized carbons (Fsp3) is 0. The average Bonchev–Trinajstić information content (AvgIpc) is 2.99. The Morgan fingerprint density at radius 2 is 1.78 bits per heavy atom. The summed E-state index contributed by atoms with van der Waals surface area (Å²) in [5.41, 5.74) is 2.21. The highest BCUT2D eigenvalue weighted by Gasteiger charge is 2.13. The van der Waals surface area contributed by atoms with Gasteiger partial charge in [0.25, 0.3) is 5.91 Å². The summed E-state index contributed by atoms with van der Waals surface area (Å²) in [6.45, 7) is 0. The van der Waals surface area contributed by atoms with Gasteiger partial charge in [-0.05, 0) is 30.3 Å². The molecule has 3 rings (SSSR count). The molecule has 0 aliphatic heterocycles. The lowest BCUT2D eigenvalue weighted by Gasteiger charge is -2.04. The fourth-order valence-corrected chi connectivity index (χ4v) is 3.46. The van der Waals surface area contributed by atoms with Gasteiger partial charge in [0.2, 0.25) is 0 Å². The molecule has 116 valence electrons. The van der Waals surface area contributed by atoms with Crippen molar-refractivity contribution < 1.29 is 4.79 Å². The van der Waals surface area contributed by atoms with E-state index in [9.17, 15) is 4.79 Å². The monoisotopic (exact) mass is 470 g/mol. The summed E-state index contributed by atoms with van der Waals surface area (Å²) in [7, 11) is 0. The topological polar surface area (TPSA) is 42.0 Å². The first-order chi connectivity index (χ1) is 11.0. The first-order valence-corrected chi connectivity index (χ1v) is 9.35. The highest BCUT2D eigenvalue weighted by Crippen LogP contribution is 2.27. The molecule has 0 atom stereocenters. The third-order valence-corrected chi connectivity index (χ3v) is 5.15. The highest BCUT2D eigenvalue weighted by atomic mass is 79.9. The molecule has 0 radical (unpaired) electrons. The van der Waals surface area contributed by atoms with Crippen molar-refractivity contribution in [1.82, 2.24) is 4.98 Å². The first-order valence-electron chi connectivity index (χ1n) is 6.51. The largest absolute Gasteiger partial charge is 0.298 e. The second kappa shape index (κ2) is 7.13. The van der Waals surface area contributed by atoms with Crippen LogP contribution in [-0.2, 0) is 0 Å². The lowest BCUT2D eigenvalue weighted by molar-refractivity contribution is 0.102. The number of rotatable bonds is 3. The number of nitrogens with one attached hydrogen (secondary N) is 1. The van der Waals surface area contributed by atoms with Gasteiger partial charge in [0.15, 0.2) is 5.13 Å². The molecule has 0 bridgehead atoms. The normalized spacial score (nSPS) is 10.6. The zero-order chi connectivity index (χ0) is 16.4. The van der Waals surface area contributed by atoms with E-state index >= 15 is 0 Å². The SMILES string of the molecule is O=C(Nc1nc(-c2ccc(Br)cc2)cs1)c1cc(Br)ccc1Cl. The third-order valence-electron chi connectivity index (χ3n) is 3.04. The van der Waals surface area contributed by atoms with Gasteiger partial charge in [0, 0.05) is 19.9 Å². The van der Waals surface area contributed by atoms with Crippen LogP contribution in [0.2, 0.25) is 5.02 Å². The van der Waals surface area contributed by atoms with E-state index in [4.69, 9.17) is 11.6 Å². The highest BCUT2D eigenvalue weighted by molar-refractivity contribution is 9.10. The molecule has 7 heteroatoms. The third kappa shape index (κ3) is 4.01. The van der Waals surface area contributed by atoms with Gasteiger partial charge in [-0.2, -0.15) is 0 Å². The van der Waals surface area contributed by atoms with E-state index in [-0.39, 0.29) is 5.91 Å². The zero-order valence-corrected chi connectivity index (χ0v) is 16.3. The summed E-state index contributed by atoms with van der Waals surface area (Å²) in [4.78, 5) is 16.8. The summed E-state index contributed by atoms with van der Waals surface area (Å²) >= 11 is 14.2. The second-order valence-electron chi connectivity index (χ2n) is 4.62. The number of thiazole rings is 1. The van der Waals surface area contributed by atoms with Gasteiger partial charge in [-0.25, -0.2) is 4.98 Å². The van der Waals surface area contributed by atoms with Crippen LogP contribution in [0.25, 0.3) is 11.3 Å². The molecule has 0 unspecified atom stereocenters. The van der Waals surface area contributed by atoms with Crippen molar-refractivity contribution in [1.29, 1.82) is 0 Å². The summed E-state index contributed by atoms with van der Waals surface area (Å²) < 4.78 is 1.80. The summed E-state index contributed by atoms with van der Waals surface area (Å²) in [6.07, 6.45) is 0. The maximum atomic E-state index is 12.3. The quantitative estimate of drug-likeness (QED) is 0.490. The lowest BCUT2D eigenvalue weighted by Crippen LogP contribution is -2.12. The number of carbonyl (C=O) groups is 1. The predicted octanol–water partition coefficient (Wildman–Crippen LogP) is 6.24. The van der Waals surface area contributed by atoms with Crippen LogP contribution >= 0.6 is 54.8 Å². The second-order valence-corrected chi connectivity index (χ2v) is 7.72. The maximum absolute atomic E-state index is 12.3. The molecule has 1 amide bonds. The van der Waals surface area contributed by atoms with Crippen molar-refractivity contribution in [2.24, 2.45) is 0 Å². The Hall–Kier alpha value is -1.21. The Balaban J connectivity index is 1.80. The first kappa shape index (κ1) is 16.6. The van der Waals surface area contributed by atoms with Crippen LogP contribution in [0.15, 0.2) is 56.8 Å². The minimum Gasteiger partial charge on any atom is -0.298 e. The van der Waals surface area contributed by atoms with Crippen LogP contribution in [0.4, 0.5) is 5.13 Å². The molecular weight excluding hydrogens is 464 g/mol. The van der Waals surface area contributed by atoms with Gasteiger partial charge in [-0.3, -0.25) is 10.1 Å². The van der Waals surface area contributed by atoms with Crippen LogP contribution in [0.1, 0.15) is 10.4 Å². The van der Waals surface area contributed by atoms with Gasteiger partial charge in [-0.1, -0.05) is 55.6 Å². The van der Waals surface area contributed by atoms with Crippen molar-refractivity contribution in [2.45, 2.75) is 0 Å². The fourth-order valence-electron chi connectivity index (χ4n) is 1.92. The number of hydrogen-bond donors (Lipinski definition) is 1. The Morgan fingerprint density at radius 1 is 1.09 bits per heavy atom. The molecular formula is C16H9Br2ClN2OS. The predicted molar refractivity (Wildman–Crippen MR) is 102 cm³/mol. The van der Waals surface area contributed by atoms with E-state index in [1.165, 1.54) is 11.3 Å². The number of hydrogen-bond acceptors (Lipinski definition) is 3. The molecule has 0 saturated heterocycles. The van der Waals surface area contributed by atoms with E-state index in [2.05, 4.69) is 42.2 Å². The minimum atomic E-state index is -0.284. The van der Waals surface area contributed by atoms with E-state index in [0.29, 0.717) is 15.7 Å². The molecule has 0 aliphatic carbocycles. The minimum absolute atomic E-state index is 0.284. The maximum Gasteiger partial charge on any atom is 0.258 e. The molecule has 0 saturated carbocycles. The zero-order valence-electron chi connectivity index (χ0n) is 11.5. The van der Waals surface area contributed by atoms with Crippen molar-refractivity contribution in [3.63, 3.8) is 0 Å².